The zero-order chi connectivity index (χ0) is 16.6. The largest absolute Gasteiger partial charge is 0.457 e. The Hall–Kier alpha value is -2.17. The second-order valence-corrected chi connectivity index (χ2v) is 5.90. The van der Waals surface area contributed by atoms with E-state index < -0.39 is 0 Å². The number of carbonyl (C=O) groups excluding carboxylic acids is 1. The van der Waals surface area contributed by atoms with E-state index in [9.17, 15) is 4.79 Å². The molecule has 3 rings (SSSR count). The summed E-state index contributed by atoms with van der Waals surface area (Å²) in [7, 11) is 0. The number of hydrogen-bond acceptors (Lipinski definition) is 4. The third-order valence-electron chi connectivity index (χ3n) is 4.03. The molecule has 0 N–H and O–H groups in total. The SMILES string of the molecule is O=C1CC[C@H](OCc2ccccc2)[C@@H](COCc2ccccc2)O1. The monoisotopic (exact) mass is 326 g/mol. The van der Waals surface area contributed by atoms with Crippen molar-refractivity contribution in [3.8, 4) is 0 Å². The van der Waals surface area contributed by atoms with E-state index in [-0.39, 0.29) is 18.2 Å². The van der Waals surface area contributed by atoms with Crippen molar-refractivity contribution in [2.24, 2.45) is 0 Å². The lowest BCUT2D eigenvalue weighted by molar-refractivity contribution is -0.176. The maximum absolute atomic E-state index is 11.6. The first-order chi connectivity index (χ1) is 11.8. The first-order valence-corrected chi connectivity index (χ1v) is 8.28. The van der Waals surface area contributed by atoms with Crippen LogP contribution in [0.3, 0.4) is 0 Å². The molecule has 1 saturated heterocycles. The highest BCUT2D eigenvalue weighted by atomic mass is 16.6. The van der Waals surface area contributed by atoms with Gasteiger partial charge in [-0.15, -0.1) is 0 Å². The van der Waals surface area contributed by atoms with Gasteiger partial charge in [0.15, 0.2) is 6.10 Å². The van der Waals surface area contributed by atoms with Crippen molar-refractivity contribution in [2.75, 3.05) is 6.61 Å². The summed E-state index contributed by atoms with van der Waals surface area (Å²) in [5, 5.41) is 0. The Morgan fingerprint density at radius 2 is 1.54 bits per heavy atom. The Balaban J connectivity index is 1.50. The van der Waals surface area contributed by atoms with Gasteiger partial charge in [-0.05, 0) is 17.5 Å². The third kappa shape index (κ3) is 4.91. The molecule has 2 aromatic carbocycles. The van der Waals surface area contributed by atoms with E-state index in [2.05, 4.69) is 0 Å². The van der Waals surface area contributed by atoms with Crippen LogP contribution in [0.15, 0.2) is 60.7 Å². The number of rotatable bonds is 7. The highest BCUT2D eigenvalue weighted by Gasteiger charge is 2.31. The van der Waals surface area contributed by atoms with Crippen LogP contribution < -0.4 is 0 Å². The molecule has 0 amide bonds. The molecule has 0 bridgehead atoms. The lowest BCUT2D eigenvalue weighted by Gasteiger charge is -2.31. The third-order valence-corrected chi connectivity index (χ3v) is 4.03. The van der Waals surface area contributed by atoms with Crippen LogP contribution in [-0.2, 0) is 32.2 Å². The van der Waals surface area contributed by atoms with Gasteiger partial charge in [0.1, 0.15) is 0 Å². The Morgan fingerprint density at radius 3 is 2.21 bits per heavy atom. The summed E-state index contributed by atoms with van der Waals surface area (Å²) >= 11 is 0. The van der Waals surface area contributed by atoms with Gasteiger partial charge in [-0.2, -0.15) is 0 Å². The molecular formula is C20H22O4. The van der Waals surface area contributed by atoms with Crippen molar-refractivity contribution in [3.63, 3.8) is 0 Å². The second-order valence-electron chi connectivity index (χ2n) is 5.90. The number of carbonyl (C=O) groups is 1. The zero-order valence-corrected chi connectivity index (χ0v) is 13.6. The number of benzene rings is 2. The summed E-state index contributed by atoms with van der Waals surface area (Å²) in [5.74, 6) is -0.178. The maximum atomic E-state index is 11.6. The molecule has 2 aromatic rings. The van der Waals surface area contributed by atoms with Gasteiger partial charge >= 0.3 is 5.97 Å². The molecule has 0 saturated carbocycles. The predicted molar refractivity (Wildman–Crippen MR) is 90.2 cm³/mol. The molecule has 0 spiro atoms. The van der Waals surface area contributed by atoms with Crippen LogP contribution in [0.4, 0.5) is 0 Å². The quantitative estimate of drug-likeness (QED) is 0.731. The molecule has 1 aliphatic heterocycles. The summed E-state index contributed by atoms with van der Waals surface area (Å²) < 4.78 is 17.1. The molecule has 0 aliphatic carbocycles. The van der Waals surface area contributed by atoms with Crippen LogP contribution in [0.25, 0.3) is 0 Å². The fraction of sp³-hybridized carbons (Fsp3) is 0.350. The number of ether oxygens (including phenoxy) is 3. The van der Waals surface area contributed by atoms with E-state index in [1.54, 1.807) is 0 Å². The van der Waals surface area contributed by atoms with Gasteiger partial charge in [-0.3, -0.25) is 4.79 Å². The zero-order valence-electron chi connectivity index (χ0n) is 13.6. The Labute approximate surface area is 142 Å². The summed E-state index contributed by atoms with van der Waals surface area (Å²) in [4.78, 5) is 11.6. The van der Waals surface area contributed by atoms with Gasteiger partial charge in [0.2, 0.25) is 0 Å². The van der Waals surface area contributed by atoms with Gasteiger partial charge in [-0.1, -0.05) is 60.7 Å². The van der Waals surface area contributed by atoms with Crippen LogP contribution in [-0.4, -0.2) is 24.8 Å². The van der Waals surface area contributed by atoms with E-state index in [1.807, 2.05) is 60.7 Å². The smallest absolute Gasteiger partial charge is 0.306 e. The average Bonchev–Trinajstić information content (AvgIpc) is 2.63. The van der Waals surface area contributed by atoms with Gasteiger partial charge in [0.05, 0.1) is 25.9 Å². The fourth-order valence-corrected chi connectivity index (χ4v) is 2.73. The lowest BCUT2D eigenvalue weighted by atomic mass is 10.1. The minimum absolute atomic E-state index is 0.126. The average molecular weight is 326 g/mol. The molecule has 4 nitrogen and oxygen atoms in total. The van der Waals surface area contributed by atoms with Crippen molar-refractivity contribution < 1.29 is 19.0 Å². The van der Waals surface area contributed by atoms with Gasteiger partial charge in [0, 0.05) is 6.42 Å². The summed E-state index contributed by atoms with van der Waals surface area (Å²) in [6, 6.07) is 19.9. The van der Waals surface area contributed by atoms with Gasteiger partial charge in [-0.25, -0.2) is 0 Å². The fourth-order valence-electron chi connectivity index (χ4n) is 2.73. The highest BCUT2D eigenvalue weighted by molar-refractivity contribution is 5.70. The minimum atomic E-state index is -0.348. The van der Waals surface area contributed by atoms with Crippen LogP contribution in [0.1, 0.15) is 24.0 Å². The van der Waals surface area contributed by atoms with Crippen molar-refractivity contribution in [3.05, 3.63) is 71.8 Å². The first-order valence-electron chi connectivity index (χ1n) is 8.28. The van der Waals surface area contributed by atoms with Crippen LogP contribution in [0.5, 0.6) is 0 Å². The Bertz CT molecular complexity index is 627. The molecule has 1 heterocycles. The first kappa shape index (κ1) is 16.7. The lowest BCUT2D eigenvalue weighted by Crippen LogP contribution is -2.41. The normalized spacial score (nSPS) is 20.6. The molecular weight excluding hydrogens is 304 g/mol. The summed E-state index contributed by atoms with van der Waals surface area (Å²) in [5.41, 5.74) is 2.21. The second kappa shape index (κ2) is 8.62. The summed E-state index contributed by atoms with van der Waals surface area (Å²) in [6.07, 6.45) is 0.594. The van der Waals surface area contributed by atoms with Crippen molar-refractivity contribution in [1.29, 1.82) is 0 Å². The number of cyclic esters (lactones) is 1. The van der Waals surface area contributed by atoms with E-state index >= 15 is 0 Å². The maximum Gasteiger partial charge on any atom is 0.306 e. The van der Waals surface area contributed by atoms with E-state index in [0.29, 0.717) is 32.7 Å². The molecule has 1 aliphatic rings. The van der Waals surface area contributed by atoms with Gasteiger partial charge < -0.3 is 14.2 Å². The minimum Gasteiger partial charge on any atom is -0.457 e. The van der Waals surface area contributed by atoms with Crippen LogP contribution in [0.2, 0.25) is 0 Å². The van der Waals surface area contributed by atoms with Crippen molar-refractivity contribution in [1.82, 2.24) is 0 Å². The molecule has 2 atom stereocenters. The number of esters is 1. The molecule has 126 valence electrons. The number of hydrogen-bond donors (Lipinski definition) is 0. The van der Waals surface area contributed by atoms with E-state index in [0.717, 1.165) is 11.1 Å². The van der Waals surface area contributed by atoms with Crippen molar-refractivity contribution >= 4 is 5.97 Å². The Morgan fingerprint density at radius 1 is 0.917 bits per heavy atom. The molecule has 24 heavy (non-hydrogen) atoms. The molecule has 1 fully saturated rings. The van der Waals surface area contributed by atoms with E-state index in [4.69, 9.17) is 14.2 Å². The predicted octanol–water partition coefficient (Wildman–Crippen LogP) is 3.49. The molecule has 0 radical (unpaired) electrons. The summed E-state index contributed by atoms with van der Waals surface area (Å²) in [6.45, 7) is 1.36. The molecule has 0 aromatic heterocycles. The van der Waals surface area contributed by atoms with E-state index in [1.165, 1.54) is 0 Å². The van der Waals surface area contributed by atoms with Crippen molar-refractivity contribution in [2.45, 2.75) is 38.3 Å². The molecule has 4 heteroatoms. The standard InChI is InChI=1S/C20H22O4/c21-20-12-11-18(23-14-17-9-5-2-6-10-17)19(24-20)15-22-13-16-7-3-1-4-8-16/h1-10,18-19H,11-15H2/t18-,19+/m0/s1. The Kier molecular flexibility index (Phi) is 5.99. The van der Waals surface area contributed by atoms with Gasteiger partial charge in [0.25, 0.3) is 0 Å². The van der Waals surface area contributed by atoms with Crippen LogP contribution in [0, 0.1) is 0 Å². The van der Waals surface area contributed by atoms with Crippen LogP contribution >= 0.6 is 0 Å². The molecule has 0 unspecified atom stereocenters. The highest BCUT2D eigenvalue weighted by Crippen LogP contribution is 2.20. The topological polar surface area (TPSA) is 44.8 Å².